The second-order valence-electron chi connectivity index (χ2n) is 5.95. The Hall–Kier alpha value is -1.97. The van der Waals surface area contributed by atoms with Crippen molar-refractivity contribution in [1.29, 1.82) is 0 Å². The third kappa shape index (κ3) is 2.79. The van der Waals surface area contributed by atoms with Gasteiger partial charge in [-0.3, -0.25) is 4.79 Å². The van der Waals surface area contributed by atoms with E-state index in [4.69, 9.17) is 5.73 Å². The first kappa shape index (κ1) is 14.4. The van der Waals surface area contributed by atoms with E-state index in [-0.39, 0.29) is 11.9 Å². The number of nitrogen functional groups attached to an aromatic ring is 1. The Bertz CT molecular complexity index is 613. The standard InChI is InChI=1S/C16H23N3O/c1-10(2)9-19(11(3)4)16(20)14-8-18-15-6-5-12(17)7-13(14)15/h5-8,10-11,18H,9,17H2,1-4H3. The summed E-state index contributed by atoms with van der Waals surface area (Å²) < 4.78 is 0. The average molecular weight is 273 g/mol. The number of nitrogens with two attached hydrogens (primary N) is 1. The number of aromatic nitrogens is 1. The molecule has 3 N–H and O–H groups in total. The molecule has 4 nitrogen and oxygen atoms in total. The molecule has 0 spiro atoms. The van der Waals surface area contributed by atoms with E-state index in [0.717, 1.165) is 17.4 Å². The first-order valence-corrected chi connectivity index (χ1v) is 7.07. The summed E-state index contributed by atoms with van der Waals surface area (Å²) in [7, 11) is 0. The number of hydrogen-bond acceptors (Lipinski definition) is 2. The van der Waals surface area contributed by atoms with Crippen LogP contribution in [-0.2, 0) is 0 Å². The zero-order valence-electron chi connectivity index (χ0n) is 12.6. The van der Waals surface area contributed by atoms with Crippen LogP contribution >= 0.6 is 0 Å². The van der Waals surface area contributed by atoms with Crippen LogP contribution in [0.25, 0.3) is 10.9 Å². The van der Waals surface area contributed by atoms with Crippen molar-refractivity contribution in [2.45, 2.75) is 33.7 Å². The van der Waals surface area contributed by atoms with Gasteiger partial charge in [0.15, 0.2) is 0 Å². The fraction of sp³-hybridized carbons (Fsp3) is 0.438. The number of fused-ring (bicyclic) bond motifs is 1. The van der Waals surface area contributed by atoms with Crippen molar-refractivity contribution in [1.82, 2.24) is 9.88 Å². The molecule has 2 rings (SSSR count). The van der Waals surface area contributed by atoms with Crippen molar-refractivity contribution < 1.29 is 4.79 Å². The summed E-state index contributed by atoms with van der Waals surface area (Å²) in [5.41, 5.74) is 8.14. The van der Waals surface area contributed by atoms with Crippen molar-refractivity contribution in [2.75, 3.05) is 12.3 Å². The van der Waals surface area contributed by atoms with Gasteiger partial charge in [-0.05, 0) is 38.0 Å². The predicted octanol–water partition coefficient (Wildman–Crippen LogP) is 3.26. The molecule has 1 aromatic carbocycles. The third-order valence-electron chi connectivity index (χ3n) is 3.38. The van der Waals surface area contributed by atoms with Gasteiger partial charge in [-0.1, -0.05) is 13.8 Å². The van der Waals surface area contributed by atoms with E-state index in [1.165, 1.54) is 0 Å². The van der Waals surface area contributed by atoms with Gasteiger partial charge < -0.3 is 15.6 Å². The van der Waals surface area contributed by atoms with E-state index in [2.05, 4.69) is 18.8 Å². The molecule has 0 aliphatic carbocycles. The molecule has 0 saturated heterocycles. The monoisotopic (exact) mass is 273 g/mol. The van der Waals surface area contributed by atoms with Crippen LogP contribution in [0, 0.1) is 5.92 Å². The summed E-state index contributed by atoms with van der Waals surface area (Å²) in [6.07, 6.45) is 1.78. The summed E-state index contributed by atoms with van der Waals surface area (Å²) >= 11 is 0. The van der Waals surface area contributed by atoms with Gasteiger partial charge in [0.25, 0.3) is 5.91 Å². The highest BCUT2D eigenvalue weighted by molar-refractivity contribution is 6.07. The summed E-state index contributed by atoms with van der Waals surface area (Å²) in [4.78, 5) is 17.8. The molecule has 0 fully saturated rings. The number of benzene rings is 1. The Balaban J connectivity index is 2.41. The van der Waals surface area contributed by atoms with Gasteiger partial charge in [-0.25, -0.2) is 0 Å². The van der Waals surface area contributed by atoms with Gasteiger partial charge in [0.05, 0.1) is 5.56 Å². The molecule has 1 amide bonds. The summed E-state index contributed by atoms with van der Waals surface area (Å²) in [6.45, 7) is 9.09. The van der Waals surface area contributed by atoms with Crippen LogP contribution in [-0.4, -0.2) is 28.4 Å². The van der Waals surface area contributed by atoms with Gasteiger partial charge in [0, 0.05) is 35.4 Å². The lowest BCUT2D eigenvalue weighted by molar-refractivity contribution is 0.0684. The molecule has 0 aliphatic heterocycles. The quantitative estimate of drug-likeness (QED) is 0.840. The van der Waals surface area contributed by atoms with Crippen LogP contribution in [0.15, 0.2) is 24.4 Å². The van der Waals surface area contributed by atoms with E-state index >= 15 is 0 Å². The zero-order chi connectivity index (χ0) is 14.9. The fourth-order valence-corrected chi connectivity index (χ4v) is 2.39. The Morgan fingerprint density at radius 2 is 2.00 bits per heavy atom. The molecule has 0 radical (unpaired) electrons. The third-order valence-corrected chi connectivity index (χ3v) is 3.38. The minimum atomic E-state index is 0.0607. The largest absolute Gasteiger partial charge is 0.399 e. The van der Waals surface area contributed by atoms with Crippen LogP contribution in [0.5, 0.6) is 0 Å². The lowest BCUT2D eigenvalue weighted by Gasteiger charge is -2.28. The van der Waals surface area contributed by atoms with Gasteiger partial charge in [0.1, 0.15) is 0 Å². The first-order valence-electron chi connectivity index (χ1n) is 7.07. The average Bonchev–Trinajstić information content (AvgIpc) is 2.77. The number of hydrogen-bond donors (Lipinski definition) is 2. The summed E-state index contributed by atoms with van der Waals surface area (Å²) in [6, 6.07) is 5.77. The lowest BCUT2D eigenvalue weighted by Crippen LogP contribution is -2.39. The number of H-pyrrole nitrogens is 1. The van der Waals surface area contributed by atoms with Crippen molar-refractivity contribution in [3.8, 4) is 0 Å². The summed E-state index contributed by atoms with van der Waals surface area (Å²) in [5, 5.41) is 0.893. The van der Waals surface area contributed by atoms with Gasteiger partial charge >= 0.3 is 0 Å². The van der Waals surface area contributed by atoms with E-state index < -0.39 is 0 Å². The van der Waals surface area contributed by atoms with Gasteiger partial charge in [-0.2, -0.15) is 0 Å². The fourth-order valence-electron chi connectivity index (χ4n) is 2.39. The molecule has 0 bridgehead atoms. The number of nitrogens with zero attached hydrogens (tertiary/aromatic N) is 1. The van der Waals surface area contributed by atoms with Crippen LogP contribution in [0.1, 0.15) is 38.1 Å². The van der Waals surface area contributed by atoms with E-state index in [9.17, 15) is 4.79 Å². The van der Waals surface area contributed by atoms with Crippen LogP contribution in [0.3, 0.4) is 0 Å². The van der Waals surface area contributed by atoms with Gasteiger partial charge in [-0.15, -0.1) is 0 Å². The predicted molar refractivity (Wildman–Crippen MR) is 83.7 cm³/mol. The Labute approximate surface area is 120 Å². The minimum Gasteiger partial charge on any atom is -0.399 e. The topological polar surface area (TPSA) is 62.1 Å². The molecule has 4 heteroatoms. The van der Waals surface area contributed by atoms with Crippen molar-refractivity contribution in [2.24, 2.45) is 5.92 Å². The number of amides is 1. The minimum absolute atomic E-state index is 0.0607. The van der Waals surface area contributed by atoms with E-state index in [1.54, 1.807) is 6.20 Å². The molecular formula is C16H23N3O. The normalized spacial score (nSPS) is 11.5. The Kier molecular flexibility index (Phi) is 4.02. The SMILES string of the molecule is CC(C)CN(C(=O)c1c[nH]c2ccc(N)cc12)C(C)C. The maximum Gasteiger partial charge on any atom is 0.256 e. The highest BCUT2D eigenvalue weighted by Gasteiger charge is 2.22. The number of nitrogens with one attached hydrogen (secondary N) is 1. The molecule has 0 saturated carbocycles. The molecule has 108 valence electrons. The highest BCUT2D eigenvalue weighted by atomic mass is 16.2. The van der Waals surface area contributed by atoms with E-state index in [0.29, 0.717) is 17.2 Å². The maximum absolute atomic E-state index is 12.8. The number of rotatable bonds is 4. The molecule has 20 heavy (non-hydrogen) atoms. The lowest BCUT2D eigenvalue weighted by atomic mass is 10.1. The Morgan fingerprint density at radius 3 is 2.60 bits per heavy atom. The number of aromatic amines is 1. The van der Waals surface area contributed by atoms with Crippen molar-refractivity contribution in [3.63, 3.8) is 0 Å². The molecule has 0 unspecified atom stereocenters. The second-order valence-corrected chi connectivity index (χ2v) is 5.95. The first-order chi connectivity index (χ1) is 9.40. The van der Waals surface area contributed by atoms with Crippen molar-refractivity contribution in [3.05, 3.63) is 30.0 Å². The Morgan fingerprint density at radius 1 is 1.30 bits per heavy atom. The molecule has 1 heterocycles. The summed E-state index contributed by atoms with van der Waals surface area (Å²) in [5.74, 6) is 0.502. The molecule has 0 aliphatic rings. The molecular weight excluding hydrogens is 250 g/mol. The number of anilines is 1. The smallest absolute Gasteiger partial charge is 0.256 e. The highest BCUT2D eigenvalue weighted by Crippen LogP contribution is 2.23. The molecule has 1 aromatic heterocycles. The van der Waals surface area contributed by atoms with Crippen LogP contribution in [0.2, 0.25) is 0 Å². The van der Waals surface area contributed by atoms with Crippen LogP contribution < -0.4 is 5.73 Å². The number of carbonyl (C=O) groups excluding carboxylic acids is 1. The molecule has 0 atom stereocenters. The zero-order valence-corrected chi connectivity index (χ0v) is 12.6. The van der Waals surface area contributed by atoms with Crippen molar-refractivity contribution >= 4 is 22.5 Å². The molecule has 2 aromatic rings. The second kappa shape index (κ2) is 5.57. The van der Waals surface area contributed by atoms with Crippen LogP contribution in [0.4, 0.5) is 5.69 Å². The van der Waals surface area contributed by atoms with E-state index in [1.807, 2.05) is 36.9 Å². The van der Waals surface area contributed by atoms with Gasteiger partial charge in [0.2, 0.25) is 0 Å². The number of carbonyl (C=O) groups is 1. The maximum atomic E-state index is 12.8.